The van der Waals surface area contributed by atoms with Crippen LogP contribution in [0.1, 0.15) is 46.0 Å². The average Bonchev–Trinajstić information content (AvgIpc) is 2.65. The summed E-state index contributed by atoms with van der Waals surface area (Å²) in [7, 11) is 0. The molecule has 1 N–H and O–H groups in total. The molecule has 1 saturated heterocycles. The van der Waals surface area contributed by atoms with Gasteiger partial charge in [-0.3, -0.25) is 0 Å². The number of nitrogens with zero attached hydrogens (tertiary/aromatic N) is 1. The van der Waals surface area contributed by atoms with Crippen LogP contribution in [0, 0.1) is 17.8 Å². The van der Waals surface area contributed by atoms with Crippen LogP contribution in [0.5, 0.6) is 0 Å². The van der Waals surface area contributed by atoms with Crippen LogP contribution in [0.3, 0.4) is 0 Å². The predicted molar refractivity (Wildman–Crippen MR) is 67.3 cm³/mol. The van der Waals surface area contributed by atoms with Crippen molar-refractivity contribution in [3.05, 3.63) is 0 Å². The van der Waals surface area contributed by atoms with E-state index in [4.69, 9.17) is 0 Å². The zero-order valence-electron chi connectivity index (χ0n) is 10.9. The number of likely N-dealkylation sites (tertiary alicyclic amines) is 1. The molecule has 0 aromatic rings. The molecule has 1 heterocycles. The number of rotatable bonds is 3. The minimum atomic E-state index is -0.0491. The third kappa shape index (κ3) is 3.21. The van der Waals surface area contributed by atoms with Gasteiger partial charge in [-0.15, -0.1) is 0 Å². The molecular formula is C14H27NO. The Labute approximate surface area is 100 Å². The molecule has 2 aliphatic rings. The van der Waals surface area contributed by atoms with Crippen molar-refractivity contribution in [1.29, 1.82) is 0 Å². The van der Waals surface area contributed by atoms with Crippen LogP contribution in [0.25, 0.3) is 0 Å². The zero-order valence-corrected chi connectivity index (χ0v) is 10.9. The molecule has 0 bridgehead atoms. The molecule has 2 nitrogen and oxygen atoms in total. The molecule has 0 aromatic carbocycles. The molecular weight excluding hydrogens is 198 g/mol. The van der Waals surface area contributed by atoms with E-state index < -0.39 is 0 Å². The molecule has 94 valence electrons. The van der Waals surface area contributed by atoms with Gasteiger partial charge in [0.1, 0.15) is 0 Å². The number of aliphatic hydroxyl groups excluding tert-OH is 1. The Hall–Kier alpha value is -0.0800. The lowest BCUT2D eigenvalue weighted by atomic mass is 9.77. The average molecular weight is 225 g/mol. The molecule has 0 amide bonds. The SMILES string of the molecule is CC(C)C1CCC(CN2CC[C@H](O)C2)CC1. The summed E-state index contributed by atoms with van der Waals surface area (Å²) in [5.41, 5.74) is 0. The summed E-state index contributed by atoms with van der Waals surface area (Å²) in [5, 5.41) is 9.50. The second kappa shape index (κ2) is 5.50. The number of aliphatic hydroxyl groups is 1. The molecule has 0 radical (unpaired) electrons. The fraction of sp³-hybridized carbons (Fsp3) is 1.00. The number of hydrogen-bond acceptors (Lipinski definition) is 2. The van der Waals surface area contributed by atoms with Gasteiger partial charge in [-0.1, -0.05) is 13.8 Å². The van der Waals surface area contributed by atoms with Gasteiger partial charge in [0.15, 0.2) is 0 Å². The van der Waals surface area contributed by atoms with Crippen LogP contribution < -0.4 is 0 Å². The Kier molecular flexibility index (Phi) is 4.26. The summed E-state index contributed by atoms with van der Waals surface area (Å²) >= 11 is 0. The quantitative estimate of drug-likeness (QED) is 0.798. The van der Waals surface area contributed by atoms with Crippen LogP contribution in [0.2, 0.25) is 0 Å². The summed E-state index contributed by atoms with van der Waals surface area (Å²) in [6.45, 7) is 8.00. The normalized spacial score (nSPS) is 37.1. The summed E-state index contributed by atoms with van der Waals surface area (Å²) in [5.74, 6) is 2.75. The van der Waals surface area contributed by atoms with E-state index in [1.54, 1.807) is 0 Å². The maximum atomic E-state index is 9.50. The fourth-order valence-electron chi connectivity index (χ4n) is 3.38. The molecule has 16 heavy (non-hydrogen) atoms. The maximum Gasteiger partial charge on any atom is 0.0679 e. The lowest BCUT2D eigenvalue weighted by Gasteiger charge is -2.32. The van der Waals surface area contributed by atoms with Gasteiger partial charge in [0, 0.05) is 19.6 Å². The summed E-state index contributed by atoms with van der Waals surface area (Å²) in [6.07, 6.45) is 6.62. The molecule has 0 aromatic heterocycles. The van der Waals surface area contributed by atoms with Crippen molar-refractivity contribution in [2.45, 2.75) is 52.1 Å². The van der Waals surface area contributed by atoms with Crippen molar-refractivity contribution in [3.8, 4) is 0 Å². The third-order valence-electron chi connectivity index (χ3n) is 4.60. The Morgan fingerprint density at radius 1 is 1.12 bits per heavy atom. The molecule has 2 fully saturated rings. The van der Waals surface area contributed by atoms with Crippen LogP contribution in [0.4, 0.5) is 0 Å². The van der Waals surface area contributed by atoms with Crippen molar-refractivity contribution in [2.75, 3.05) is 19.6 Å². The van der Waals surface area contributed by atoms with Crippen LogP contribution >= 0.6 is 0 Å². The minimum Gasteiger partial charge on any atom is -0.392 e. The highest BCUT2D eigenvalue weighted by Crippen LogP contribution is 2.33. The molecule has 1 atom stereocenters. The lowest BCUT2D eigenvalue weighted by molar-refractivity contribution is 0.151. The fourth-order valence-corrected chi connectivity index (χ4v) is 3.38. The van der Waals surface area contributed by atoms with E-state index in [1.807, 2.05) is 0 Å². The van der Waals surface area contributed by atoms with Gasteiger partial charge < -0.3 is 10.0 Å². The Bertz CT molecular complexity index is 209. The predicted octanol–water partition coefficient (Wildman–Crippen LogP) is 2.52. The van der Waals surface area contributed by atoms with Gasteiger partial charge in [0.05, 0.1) is 6.10 Å². The maximum absolute atomic E-state index is 9.50. The van der Waals surface area contributed by atoms with Gasteiger partial charge >= 0.3 is 0 Å². The molecule has 2 rings (SSSR count). The van der Waals surface area contributed by atoms with E-state index in [-0.39, 0.29) is 6.10 Å². The second-order valence-corrected chi connectivity index (χ2v) is 6.23. The van der Waals surface area contributed by atoms with Gasteiger partial charge in [-0.25, -0.2) is 0 Å². The van der Waals surface area contributed by atoms with Crippen molar-refractivity contribution < 1.29 is 5.11 Å². The zero-order chi connectivity index (χ0) is 11.5. The second-order valence-electron chi connectivity index (χ2n) is 6.23. The molecule has 0 unspecified atom stereocenters. The van der Waals surface area contributed by atoms with E-state index >= 15 is 0 Å². The van der Waals surface area contributed by atoms with Gasteiger partial charge in [-0.05, 0) is 49.9 Å². The largest absolute Gasteiger partial charge is 0.392 e. The topological polar surface area (TPSA) is 23.5 Å². The van der Waals surface area contributed by atoms with Crippen molar-refractivity contribution >= 4 is 0 Å². The molecule has 1 aliphatic heterocycles. The molecule has 1 saturated carbocycles. The lowest BCUT2D eigenvalue weighted by Crippen LogP contribution is -2.31. The van der Waals surface area contributed by atoms with Gasteiger partial charge in [0.2, 0.25) is 0 Å². The molecule has 2 heteroatoms. The Balaban J connectivity index is 1.69. The first-order chi connectivity index (χ1) is 7.65. The Morgan fingerprint density at radius 2 is 1.81 bits per heavy atom. The first-order valence-electron chi connectivity index (χ1n) is 7.05. The van der Waals surface area contributed by atoms with E-state index in [2.05, 4.69) is 18.7 Å². The van der Waals surface area contributed by atoms with Crippen molar-refractivity contribution in [3.63, 3.8) is 0 Å². The summed E-state index contributed by atoms with van der Waals surface area (Å²) < 4.78 is 0. The summed E-state index contributed by atoms with van der Waals surface area (Å²) in [4.78, 5) is 2.46. The highest BCUT2D eigenvalue weighted by Gasteiger charge is 2.27. The standard InChI is InChI=1S/C14H27NO/c1-11(2)13-5-3-12(4-6-13)9-15-8-7-14(16)10-15/h11-14,16H,3-10H2,1-2H3/t12?,13?,14-/m0/s1. The van der Waals surface area contributed by atoms with Gasteiger partial charge in [0.25, 0.3) is 0 Å². The van der Waals surface area contributed by atoms with Crippen LogP contribution in [0.15, 0.2) is 0 Å². The van der Waals surface area contributed by atoms with E-state index in [1.165, 1.54) is 32.2 Å². The van der Waals surface area contributed by atoms with E-state index in [9.17, 15) is 5.11 Å². The van der Waals surface area contributed by atoms with Crippen LogP contribution in [-0.2, 0) is 0 Å². The number of β-amino-alcohol motifs (C(OH)–C–C–N with tert-alkyl or cyclic N) is 1. The van der Waals surface area contributed by atoms with E-state index in [0.29, 0.717) is 0 Å². The summed E-state index contributed by atoms with van der Waals surface area (Å²) in [6, 6.07) is 0. The van der Waals surface area contributed by atoms with Crippen LogP contribution in [-0.4, -0.2) is 35.7 Å². The third-order valence-corrected chi connectivity index (χ3v) is 4.60. The van der Waals surface area contributed by atoms with Gasteiger partial charge in [-0.2, -0.15) is 0 Å². The first-order valence-corrected chi connectivity index (χ1v) is 7.05. The smallest absolute Gasteiger partial charge is 0.0679 e. The molecule has 1 aliphatic carbocycles. The number of hydrogen-bond donors (Lipinski definition) is 1. The van der Waals surface area contributed by atoms with Crippen molar-refractivity contribution in [2.24, 2.45) is 17.8 Å². The highest BCUT2D eigenvalue weighted by molar-refractivity contribution is 4.80. The molecule has 0 spiro atoms. The monoisotopic (exact) mass is 225 g/mol. The highest BCUT2D eigenvalue weighted by atomic mass is 16.3. The van der Waals surface area contributed by atoms with Crippen molar-refractivity contribution in [1.82, 2.24) is 4.90 Å². The van der Waals surface area contributed by atoms with E-state index in [0.717, 1.165) is 37.3 Å². The first kappa shape index (κ1) is 12.4. The Morgan fingerprint density at radius 3 is 2.31 bits per heavy atom. The minimum absolute atomic E-state index is 0.0491.